The van der Waals surface area contributed by atoms with Crippen LogP contribution in [0.15, 0.2) is 48.5 Å². The van der Waals surface area contributed by atoms with Crippen molar-refractivity contribution in [2.24, 2.45) is 0 Å². The molecule has 0 bridgehead atoms. The summed E-state index contributed by atoms with van der Waals surface area (Å²) in [6.45, 7) is 0.202. The highest BCUT2D eigenvalue weighted by molar-refractivity contribution is 5.98. The fourth-order valence-electron chi connectivity index (χ4n) is 2.34. The van der Waals surface area contributed by atoms with Gasteiger partial charge in [0.1, 0.15) is 11.6 Å². The van der Waals surface area contributed by atoms with Crippen LogP contribution in [0, 0.1) is 5.82 Å². The summed E-state index contributed by atoms with van der Waals surface area (Å²) in [5.74, 6) is -0.758. The maximum Gasteiger partial charge on any atom is 0.265 e. The molecular weight excluding hydrogens is 299 g/mol. The Bertz CT molecular complexity index is 748. The molecule has 0 saturated carbocycles. The molecule has 0 aliphatic carbocycles. The van der Waals surface area contributed by atoms with Crippen molar-refractivity contribution in [3.63, 3.8) is 0 Å². The van der Waals surface area contributed by atoms with Crippen LogP contribution in [0.3, 0.4) is 0 Å². The molecule has 0 radical (unpaired) electrons. The summed E-state index contributed by atoms with van der Waals surface area (Å²) in [7, 11) is 0. The van der Waals surface area contributed by atoms with Crippen LogP contribution in [0.25, 0.3) is 0 Å². The average molecular weight is 314 g/mol. The van der Waals surface area contributed by atoms with Gasteiger partial charge in [-0.05, 0) is 24.3 Å². The van der Waals surface area contributed by atoms with E-state index in [9.17, 15) is 14.0 Å². The van der Waals surface area contributed by atoms with Crippen LogP contribution >= 0.6 is 0 Å². The van der Waals surface area contributed by atoms with E-state index in [-0.39, 0.29) is 18.0 Å². The maximum atomic E-state index is 13.5. The van der Waals surface area contributed by atoms with Crippen LogP contribution in [-0.4, -0.2) is 24.5 Å². The minimum atomic E-state index is -0.689. The molecule has 23 heavy (non-hydrogen) atoms. The normalized spacial score (nSPS) is 16.0. The molecule has 0 fully saturated rings. The highest BCUT2D eigenvalue weighted by Crippen LogP contribution is 2.29. The number of benzene rings is 2. The summed E-state index contributed by atoms with van der Waals surface area (Å²) in [5, 5.41) is 5.34. The Balaban J connectivity index is 1.56. The number of para-hydroxylation sites is 2. The van der Waals surface area contributed by atoms with Gasteiger partial charge in [-0.25, -0.2) is 4.39 Å². The molecule has 2 aromatic carbocycles. The van der Waals surface area contributed by atoms with Crippen molar-refractivity contribution in [2.75, 3.05) is 11.9 Å². The highest BCUT2D eigenvalue weighted by atomic mass is 19.1. The zero-order valence-corrected chi connectivity index (χ0v) is 12.2. The second-order valence-corrected chi connectivity index (χ2v) is 5.12. The molecule has 2 N–H and O–H groups in total. The summed E-state index contributed by atoms with van der Waals surface area (Å²) in [5.41, 5.74) is 0.607. The summed E-state index contributed by atoms with van der Waals surface area (Å²) in [4.78, 5) is 23.8. The Morgan fingerprint density at radius 2 is 1.91 bits per heavy atom. The molecule has 2 amide bonds. The van der Waals surface area contributed by atoms with Gasteiger partial charge in [-0.3, -0.25) is 9.59 Å². The number of amides is 2. The van der Waals surface area contributed by atoms with E-state index in [1.165, 1.54) is 18.2 Å². The van der Waals surface area contributed by atoms with Gasteiger partial charge in [0.2, 0.25) is 0 Å². The van der Waals surface area contributed by atoms with Crippen LogP contribution in [-0.2, 0) is 4.79 Å². The van der Waals surface area contributed by atoms with E-state index in [4.69, 9.17) is 4.74 Å². The van der Waals surface area contributed by atoms with E-state index >= 15 is 0 Å². The Labute approximate surface area is 132 Å². The van der Waals surface area contributed by atoms with E-state index in [1.807, 2.05) is 6.07 Å². The standard InChI is InChI=1S/C17H15FN2O3/c18-12-6-2-1-5-11(12)16(21)19-10-9-15-17(22)20-13-7-3-4-8-14(13)23-15/h1-8,15H,9-10H2,(H,19,21)(H,20,22). The number of hydrogen-bond donors (Lipinski definition) is 2. The van der Waals surface area contributed by atoms with Gasteiger partial charge in [0.25, 0.3) is 11.8 Å². The first-order valence-electron chi connectivity index (χ1n) is 7.24. The lowest BCUT2D eigenvalue weighted by Crippen LogP contribution is -2.39. The molecule has 1 unspecified atom stereocenters. The molecule has 118 valence electrons. The van der Waals surface area contributed by atoms with Crippen molar-refractivity contribution in [1.82, 2.24) is 5.32 Å². The lowest BCUT2D eigenvalue weighted by molar-refractivity contribution is -0.123. The van der Waals surface area contributed by atoms with Crippen molar-refractivity contribution in [3.8, 4) is 5.75 Å². The number of rotatable bonds is 4. The molecule has 1 aliphatic heterocycles. The highest BCUT2D eigenvalue weighted by Gasteiger charge is 2.27. The summed E-state index contributed by atoms with van der Waals surface area (Å²) in [6.07, 6.45) is -0.397. The van der Waals surface area contributed by atoms with Gasteiger partial charge in [-0.2, -0.15) is 0 Å². The van der Waals surface area contributed by atoms with E-state index in [2.05, 4.69) is 10.6 Å². The molecule has 0 spiro atoms. The third-order valence-electron chi connectivity index (χ3n) is 3.52. The first-order chi connectivity index (χ1) is 11.1. The lowest BCUT2D eigenvalue weighted by Gasteiger charge is -2.25. The number of nitrogens with one attached hydrogen (secondary N) is 2. The van der Waals surface area contributed by atoms with Crippen molar-refractivity contribution in [2.45, 2.75) is 12.5 Å². The Morgan fingerprint density at radius 1 is 1.17 bits per heavy atom. The number of fused-ring (bicyclic) bond motifs is 1. The Kier molecular flexibility index (Phi) is 4.23. The number of hydrogen-bond acceptors (Lipinski definition) is 3. The molecule has 6 heteroatoms. The third kappa shape index (κ3) is 3.31. The summed E-state index contributed by atoms with van der Waals surface area (Å²) < 4.78 is 19.1. The Hall–Kier alpha value is -2.89. The second kappa shape index (κ2) is 6.48. The zero-order chi connectivity index (χ0) is 16.2. The number of carbonyl (C=O) groups excluding carboxylic acids is 2. The lowest BCUT2D eigenvalue weighted by atomic mass is 10.1. The van der Waals surface area contributed by atoms with Crippen molar-refractivity contribution < 1.29 is 18.7 Å². The van der Waals surface area contributed by atoms with E-state index in [1.54, 1.807) is 24.3 Å². The fourth-order valence-corrected chi connectivity index (χ4v) is 2.34. The SMILES string of the molecule is O=C(NCCC1Oc2ccccc2NC1=O)c1ccccc1F. The molecule has 5 nitrogen and oxygen atoms in total. The quantitative estimate of drug-likeness (QED) is 0.910. The molecule has 1 aliphatic rings. The van der Waals surface area contributed by atoms with Gasteiger partial charge in [0, 0.05) is 13.0 Å². The van der Waals surface area contributed by atoms with E-state index in [0.29, 0.717) is 17.9 Å². The minimum absolute atomic E-state index is 0.0214. The minimum Gasteiger partial charge on any atom is -0.478 e. The molecule has 1 heterocycles. The fraction of sp³-hybridized carbons (Fsp3) is 0.176. The van der Waals surface area contributed by atoms with Crippen LogP contribution in [0.1, 0.15) is 16.8 Å². The van der Waals surface area contributed by atoms with Gasteiger partial charge in [-0.15, -0.1) is 0 Å². The predicted octanol–water partition coefficient (Wildman–Crippen LogP) is 2.35. The predicted molar refractivity (Wildman–Crippen MR) is 82.8 cm³/mol. The molecular formula is C17H15FN2O3. The van der Waals surface area contributed by atoms with Crippen molar-refractivity contribution in [3.05, 3.63) is 59.9 Å². The maximum absolute atomic E-state index is 13.5. The largest absolute Gasteiger partial charge is 0.478 e. The average Bonchev–Trinajstić information content (AvgIpc) is 2.55. The monoisotopic (exact) mass is 314 g/mol. The number of carbonyl (C=O) groups is 2. The zero-order valence-electron chi connectivity index (χ0n) is 12.2. The van der Waals surface area contributed by atoms with Crippen LogP contribution < -0.4 is 15.4 Å². The molecule has 0 saturated heterocycles. The number of ether oxygens (including phenoxy) is 1. The van der Waals surface area contributed by atoms with Gasteiger partial charge in [0.05, 0.1) is 11.3 Å². The molecule has 2 aromatic rings. The first kappa shape index (κ1) is 15.0. The van der Waals surface area contributed by atoms with Gasteiger partial charge >= 0.3 is 0 Å². The molecule has 1 atom stereocenters. The van der Waals surface area contributed by atoms with Gasteiger partial charge < -0.3 is 15.4 Å². The smallest absolute Gasteiger partial charge is 0.265 e. The third-order valence-corrected chi connectivity index (χ3v) is 3.52. The van der Waals surface area contributed by atoms with E-state index in [0.717, 1.165) is 0 Å². The Morgan fingerprint density at radius 3 is 2.74 bits per heavy atom. The number of anilines is 1. The van der Waals surface area contributed by atoms with Gasteiger partial charge in [-0.1, -0.05) is 24.3 Å². The first-order valence-corrected chi connectivity index (χ1v) is 7.24. The van der Waals surface area contributed by atoms with Crippen molar-refractivity contribution >= 4 is 17.5 Å². The van der Waals surface area contributed by atoms with Crippen LogP contribution in [0.4, 0.5) is 10.1 Å². The van der Waals surface area contributed by atoms with Crippen LogP contribution in [0.5, 0.6) is 5.75 Å². The molecule has 0 aromatic heterocycles. The van der Waals surface area contributed by atoms with Crippen molar-refractivity contribution in [1.29, 1.82) is 0 Å². The molecule has 3 rings (SSSR count). The number of halogens is 1. The summed E-state index contributed by atoms with van der Waals surface area (Å²) in [6, 6.07) is 12.9. The van der Waals surface area contributed by atoms with Gasteiger partial charge in [0.15, 0.2) is 6.10 Å². The summed E-state index contributed by atoms with van der Waals surface area (Å²) >= 11 is 0. The topological polar surface area (TPSA) is 67.4 Å². The second-order valence-electron chi connectivity index (χ2n) is 5.12. The van der Waals surface area contributed by atoms with Crippen LogP contribution in [0.2, 0.25) is 0 Å². The van der Waals surface area contributed by atoms with E-state index < -0.39 is 17.8 Å².